The molecule has 0 aliphatic carbocycles. The molecule has 1 aromatic carbocycles. The van der Waals surface area contributed by atoms with Crippen LogP contribution in [0, 0.1) is 0 Å². The first kappa shape index (κ1) is 18.2. The van der Waals surface area contributed by atoms with E-state index in [0.29, 0.717) is 17.4 Å². The maximum Gasteiger partial charge on any atom is 0.191 e. The number of guanidine groups is 1. The Hall–Kier alpha value is -0.830. The van der Waals surface area contributed by atoms with Gasteiger partial charge in [-0.05, 0) is 37.0 Å². The molecule has 1 saturated heterocycles. The zero-order chi connectivity index (χ0) is 14.6. The van der Waals surface area contributed by atoms with E-state index in [-0.39, 0.29) is 24.0 Å². The van der Waals surface area contributed by atoms with Gasteiger partial charge >= 0.3 is 0 Å². The molecule has 118 valence electrons. The van der Waals surface area contributed by atoms with E-state index in [1.807, 2.05) is 0 Å². The van der Waals surface area contributed by atoms with Crippen LogP contribution in [0.3, 0.4) is 0 Å². The number of rotatable bonds is 3. The molecule has 1 aromatic rings. The van der Waals surface area contributed by atoms with Crippen molar-refractivity contribution in [3.63, 3.8) is 0 Å². The van der Waals surface area contributed by atoms with Gasteiger partial charge in [-0.1, -0.05) is 12.1 Å². The highest BCUT2D eigenvalue weighted by molar-refractivity contribution is 14.0. The van der Waals surface area contributed by atoms with Gasteiger partial charge in [0.15, 0.2) is 15.8 Å². The first-order valence-electron chi connectivity index (χ1n) is 6.81. The molecule has 1 aliphatic heterocycles. The van der Waals surface area contributed by atoms with Gasteiger partial charge in [0.2, 0.25) is 0 Å². The van der Waals surface area contributed by atoms with Crippen LogP contribution in [0.1, 0.15) is 24.8 Å². The fraction of sp³-hybridized carbons (Fsp3) is 0.500. The minimum absolute atomic E-state index is 0. The van der Waals surface area contributed by atoms with Crippen LogP contribution in [0.25, 0.3) is 0 Å². The second kappa shape index (κ2) is 7.98. The molecule has 5 nitrogen and oxygen atoms in total. The minimum Gasteiger partial charge on any atom is -0.370 e. The summed E-state index contributed by atoms with van der Waals surface area (Å²) in [6.07, 6.45) is 4.80. The van der Waals surface area contributed by atoms with Crippen molar-refractivity contribution in [1.82, 2.24) is 4.90 Å². The summed E-state index contributed by atoms with van der Waals surface area (Å²) in [6, 6.07) is 6.78. The van der Waals surface area contributed by atoms with Gasteiger partial charge in [-0.25, -0.2) is 13.4 Å². The topological polar surface area (TPSA) is 75.8 Å². The average molecular weight is 423 g/mol. The van der Waals surface area contributed by atoms with Gasteiger partial charge in [0.25, 0.3) is 0 Å². The average Bonchev–Trinajstić information content (AvgIpc) is 2.45. The molecule has 1 aliphatic rings. The normalized spacial score (nSPS) is 16.4. The van der Waals surface area contributed by atoms with E-state index >= 15 is 0 Å². The van der Waals surface area contributed by atoms with Crippen LogP contribution in [0.4, 0.5) is 0 Å². The largest absolute Gasteiger partial charge is 0.370 e. The molecule has 21 heavy (non-hydrogen) atoms. The predicted octanol–water partition coefficient (Wildman–Crippen LogP) is 2.01. The van der Waals surface area contributed by atoms with Crippen molar-refractivity contribution < 1.29 is 8.42 Å². The van der Waals surface area contributed by atoms with Crippen LogP contribution < -0.4 is 5.73 Å². The summed E-state index contributed by atoms with van der Waals surface area (Å²) in [5, 5.41) is 0. The third-order valence-corrected chi connectivity index (χ3v) is 4.58. The van der Waals surface area contributed by atoms with Gasteiger partial charge in [-0.3, -0.25) is 0 Å². The quantitative estimate of drug-likeness (QED) is 0.459. The molecular weight excluding hydrogens is 401 g/mol. The summed E-state index contributed by atoms with van der Waals surface area (Å²) in [5.41, 5.74) is 6.93. The Morgan fingerprint density at radius 1 is 1.19 bits per heavy atom. The lowest BCUT2D eigenvalue weighted by Gasteiger charge is -2.27. The van der Waals surface area contributed by atoms with Gasteiger partial charge in [-0.15, -0.1) is 24.0 Å². The first-order valence-corrected chi connectivity index (χ1v) is 8.70. The number of likely N-dealkylation sites (tertiary alicyclic amines) is 1. The molecule has 1 heterocycles. The van der Waals surface area contributed by atoms with Crippen molar-refractivity contribution >= 4 is 39.8 Å². The molecular formula is C14H22IN3O2S. The first-order chi connectivity index (χ1) is 9.47. The summed E-state index contributed by atoms with van der Waals surface area (Å²) in [6.45, 7) is 2.43. The predicted molar refractivity (Wildman–Crippen MR) is 95.7 cm³/mol. The molecule has 0 bridgehead atoms. The summed E-state index contributed by atoms with van der Waals surface area (Å²) in [5.74, 6) is 0.580. The Balaban J connectivity index is 0.00000220. The fourth-order valence-electron chi connectivity index (χ4n) is 2.24. The molecule has 0 spiro atoms. The van der Waals surface area contributed by atoms with Crippen LogP contribution in [-0.2, 0) is 16.4 Å². The van der Waals surface area contributed by atoms with Gasteiger partial charge < -0.3 is 10.6 Å². The lowest BCUT2D eigenvalue weighted by Crippen LogP contribution is -2.40. The highest BCUT2D eigenvalue weighted by Crippen LogP contribution is 2.12. The number of nitrogens with two attached hydrogens (primary N) is 1. The van der Waals surface area contributed by atoms with E-state index in [1.54, 1.807) is 24.3 Å². The molecule has 0 aromatic heterocycles. The maximum absolute atomic E-state index is 11.4. The highest BCUT2D eigenvalue weighted by Gasteiger charge is 2.11. The zero-order valence-corrected chi connectivity index (χ0v) is 15.3. The van der Waals surface area contributed by atoms with E-state index in [9.17, 15) is 8.42 Å². The van der Waals surface area contributed by atoms with Crippen molar-refractivity contribution in [2.75, 3.05) is 19.3 Å². The second-order valence-electron chi connectivity index (χ2n) is 5.14. The lowest BCUT2D eigenvalue weighted by molar-refractivity contribution is 0.338. The number of sulfone groups is 1. The number of hydrogen-bond donors (Lipinski definition) is 1. The Morgan fingerprint density at radius 3 is 2.29 bits per heavy atom. The SMILES string of the molecule is CS(=O)(=O)c1ccc(CN=C(N)N2CCCCC2)cc1.I. The molecule has 7 heteroatoms. The molecule has 1 fully saturated rings. The van der Waals surface area contributed by atoms with E-state index in [4.69, 9.17) is 5.73 Å². The Bertz CT molecular complexity index is 579. The number of hydrogen-bond acceptors (Lipinski definition) is 3. The van der Waals surface area contributed by atoms with Crippen LogP contribution in [0.2, 0.25) is 0 Å². The summed E-state index contributed by atoms with van der Waals surface area (Å²) >= 11 is 0. The number of aliphatic imine (C=N–C) groups is 1. The van der Waals surface area contributed by atoms with Crippen molar-refractivity contribution in [3.8, 4) is 0 Å². The summed E-state index contributed by atoms with van der Waals surface area (Å²) in [7, 11) is -3.14. The fourth-order valence-corrected chi connectivity index (χ4v) is 2.87. The van der Waals surface area contributed by atoms with Crippen LogP contribution in [0.15, 0.2) is 34.2 Å². The third kappa shape index (κ3) is 5.46. The van der Waals surface area contributed by atoms with Crippen molar-refractivity contribution in [1.29, 1.82) is 0 Å². The van der Waals surface area contributed by atoms with Crippen LogP contribution in [-0.4, -0.2) is 38.6 Å². The molecule has 0 saturated carbocycles. The minimum atomic E-state index is -3.14. The monoisotopic (exact) mass is 423 g/mol. The standard InChI is InChI=1S/C14H21N3O2S.HI/c1-20(18,19)13-7-5-12(6-8-13)11-16-14(15)17-9-3-2-4-10-17;/h5-8H,2-4,9-11H2,1H3,(H2,15,16);1H. The highest BCUT2D eigenvalue weighted by atomic mass is 127. The van der Waals surface area contributed by atoms with Gasteiger partial charge in [-0.2, -0.15) is 0 Å². The second-order valence-corrected chi connectivity index (χ2v) is 7.15. The lowest BCUT2D eigenvalue weighted by atomic mass is 10.1. The van der Waals surface area contributed by atoms with E-state index in [0.717, 1.165) is 18.7 Å². The van der Waals surface area contributed by atoms with Crippen LogP contribution in [0.5, 0.6) is 0 Å². The Kier molecular flexibility index (Phi) is 6.92. The third-order valence-electron chi connectivity index (χ3n) is 3.46. The molecule has 0 atom stereocenters. The molecule has 0 amide bonds. The van der Waals surface area contributed by atoms with Gasteiger partial charge in [0.05, 0.1) is 11.4 Å². The number of piperidine rings is 1. The van der Waals surface area contributed by atoms with E-state index in [1.165, 1.54) is 25.5 Å². The number of benzene rings is 1. The number of nitrogens with zero attached hydrogens (tertiary/aromatic N) is 2. The smallest absolute Gasteiger partial charge is 0.191 e. The van der Waals surface area contributed by atoms with E-state index in [2.05, 4.69) is 9.89 Å². The zero-order valence-electron chi connectivity index (χ0n) is 12.2. The summed E-state index contributed by atoms with van der Waals surface area (Å²) < 4.78 is 22.7. The summed E-state index contributed by atoms with van der Waals surface area (Å²) in [4.78, 5) is 6.81. The Morgan fingerprint density at radius 2 is 1.76 bits per heavy atom. The van der Waals surface area contributed by atoms with Crippen molar-refractivity contribution in [2.24, 2.45) is 10.7 Å². The van der Waals surface area contributed by atoms with Crippen molar-refractivity contribution in [2.45, 2.75) is 30.7 Å². The van der Waals surface area contributed by atoms with Crippen LogP contribution >= 0.6 is 24.0 Å². The van der Waals surface area contributed by atoms with E-state index < -0.39 is 9.84 Å². The molecule has 0 radical (unpaired) electrons. The molecule has 2 N–H and O–H groups in total. The van der Waals surface area contributed by atoms with Crippen molar-refractivity contribution in [3.05, 3.63) is 29.8 Å². The molecule has 0 unspecified atom stereocenters. The number of halogens is 1. The maximum atomic E-state index is 11.4. The van der Waals surface area contributed by atoms with Gasteiger partial charge in [0.1, 0.15) is 0 Å². The molecule has 2 rings (SSSR count). The van der Waals surface area contributed by atoms with Gasteiger partial charge in [0, 0.05) is 19.3 Å². The Labute approximate surface area is 143 Å².